The molecular weight excluding hydrogens is 1180 g/mol. The maximum atomic E-state index is 11.2. The van der Waals surface area contributed by atoms with Crippen LogP contribution in [0.4, 0.5) is 13.2 Å². The van der Waals surface area contributed by atoms with Gasteiger partial charge >= 0.3 is 83.7 Å². The number of methoxy groups -OCH3 is 4. The summed E-state index contributed by atoms with van der Waals surface area (Å²) in [5, 5.41) is 55.6. The Morgan fingerprint density at radius 3 is 0.667 bits per heavy atom. The first-order valence-electron chi connectivity index (χ1n) is 19.8. The zero-order valence-corrected chi connectivity index (χ0v) is 63.7. The van der Waals surface area contributed by atoms with Crippen molar-refractivity contribution in [1.82, 2.24) is 0 Å². The summed E-state index contributed by atoms with van der Waals surface area (Å²) in [6.45, 7) is 43.4. The molecule has 0 aromatic rings. The van der Waals surface area contributed by atoms with Gasteiger partial charge in [-0.05, 0) is 46.6 Å². The van der Waals surface area contributed by atoms with Crippen LogP contribution in [0, 0.1) is 22.3 Å². The SMILES string of the molecule is C/C=C/C.CB(O)O.CB(O)O.CC.CC.CC.CC.CC.CC(=O)O.CC(C)(C)[O-].CC=O.CCC.CF.CO.COC(C)(F)F.COC(C)=O.COC(C)=O.COC(C)=S.[CH3-].[CH3-].[CH3-].[K+].[Y].[Y].[Y]. The predicted octanol–water partition coefficient (Wildman–Crippen LogP) is 7.87. The molecule has 0 unspecified atom stereocenters. The molecule has 0 fully saturated rings. The van der Waals surface area contributed by atoms with Gasteiger partial charge < -0.3 is 81.4 Å². The summed E-state index contributed by atoms with van der Waals surface area (Å²) in [5.74, 6) is -1.32. The molecule has 0 aliphatic rings. The monoisotopic (exact) mass is 1300 g/mol. The van der Waals surface area contributed by atoms with Crippen molar-refractivity contribution in [3.63, 3.8) is 0 Å². The summed E-state index contributed by atoms with van der Waals surface area (Å²) in [4.78, 5) is 37.0. The molecule has 425 valence electrons. The Hall–Kier alpha value is 2.30. The number of aliphatic hydroxyl groups is 1. The molecule has 0 bridgehead atoms. The second-order valence-electron chi connectivity index (χ2n) is 8.60. The standard InChI is InChI=1S/C4H9O.C4H8.C3H6F2O.2C3H6O2.C3H6OS.C3H8.C2H4O2.C2H4O.5C2H6.2CH5BO2.CH3F.CH4O.3CH3.K.3Y/c1-4(2,3)5;1-3-4-2;1-3(4,5)6-2;2*1-3(4)5-2;1-3(5)4-2;1-3-2;1-2(3)4;1-2-3;5*1-2;2*1-2(3)4;2*1-2;;;;;;;/h1-3H3;3-4H,1-2H3;1-2H3;3*1-2H3;3H2,1-2H3;1H3,(H,3,4);2H,1H3;5*1-2H3;2*3-4H,1H3;1H3;2H,1H3;3*1H3;;;;/q-1;;;;;;;;;;;;;;;;;;3*-1;+1;;;/b;4-3+;;;;;;;;;;;;;;;;;;;;;;;. The first-order valence-corrected chi connectivity index (χ1v) is 20.2. The number of thiocarbonyl (C=S) groups is 1. The van der Waals surface area contributed by atoms with Gasteiger partial charge in [-0.3, -0.25) is 18.8 Å². The van der Waals surface area contributed by atoms with Gasteiger partial charge in [0, 0.05) is 147 Å². The van der Waals surface area contributed by atoms with Crippen molar-refractivity contribution in [3.8, 4) is 0 Å². The van der Waals surface area contributed by atoms with Crippen LogP contribution in [0.2, 0.25) is 13.6 Å². The van der Waals surface area contributed by atoms with Crippen LogP contribution in [0.3, 0.4) is 0 Å². The van der Waals surface area contributed by atoms with E-state index < -0.39 is 31.9 Å². The minimum atomic E-state index is -2.96. The number of aliphatic carboxylic acids is 1. The summed E-state index contributed by atoms with van der Waals surface area (Å²) < 4.78 is 48.3. The summed E-state index contributed by atoms with van der Waals surface area (Å²) in [6.07, 6.45) is 3.04. The first kappa shape index (κ1) is 164. The average Bonchev–Trinajstić information content (AvgIpc) is 3.20. The number of esters is 2. The average molecular weight is 1300 g/mol. The number of alkyl halides is 3. The number of hydrogen-bond acceptors (Lipinski definition) is 15. The molecule has 0 aromatic heterocycles. The van der Waals surface area contributed by atoms with Crippen LogP contribution in [-0.2, 0) is 136 Å². The van der Waals surface area contributed by atoms with Crippen LogP contribution in [0.15, 0.2) is 12.2 Å². The number of halogens is 3. The summed E-state index contributed by atoms with van der Waals surface area (Å²) in [7, 11) is 4.38. The van der Waals surface area contributed by atoms with Crippen LogP contribution in [0.5, 0.6) is 0 Å². The Kier molecular flexibility index (Phi) is 495. The molecule has 0 aliphatic heterocycles. The Morgan fingerprint density at radius 2 is 0.667 bits per heavy atom. The van der Waals surface area contributed by atoms with E-state index >= 15 is 0 Å². The Bertz CT molecular complexity index is 643. The zero-order valence-electron chi connectivity index (χ0n) is 51.2. The van der Waals surface area contributed by atoms with Crippen molar-refractivity contribution in [2.24, 2.45) is 0 Å². The zero-order chi connectivity index (χ0) is 56.1. The van der Waals surface area contributed by atoms with E-state index in [-0.39, 0.29) is 184 Å². The van der Waals surface area contributed by atoms with Crippen LogP contribution in [0.1, 0.15) is 166 Å². The molecule has 3 radical (unpaired) electrons. The number of aldehydes is 1. The fourth-order valence-corrected chi connectivity index (χ4v) is 0. The van der Waals surface area contributed by atoms with Gasteiger partial charge in [0.2, 0.25) is 0 Å². The minimum absolute atomic E-state index is 0. The molecule has 0 atom stereocenters. The Morgan fingerprint density at radius 1 is 0.609 bits per heavy atom. The Labute approximate surface area is 552 Å². The molecule has 69 heavy (non-hydrogen) atoms. The maximum absolute atomic E-state index is 11.2. The minimum Gasteiger partial charge on any atom is -0.850 e. The number of allylic oxidation sites excluding steroid dienone is 2. The number of aliphatic hydroxyl groups excluding tert-OH is 1. The van der Waals surface area contributed by atoms with Gasteiger partial charge in [0.15, 0.2) is 5.05 Å². The molecule has 15 nitrogen and oxygen atoms in total. The van der Waals surface area contributed by atoms with Gasteiger partial charge in [0.1, 0.15) is 6.29 Å². The number of carbonyl (C=O) groups excluding carboxylic acids is 3. The van der Waals surface area contributed by atoms with Crippen molar-refractivity contribution in [3.05, 3.63) is 34.4 Å². The van der Waals surface area contributed by atoms with E-state index in [1.807, 2.05) is 95.2 Å². The fraction of sp³-hybridized carbons (Fsp3) is 0.773. The van der Waals surface area contributed by atoms with Crippen LogP contribution in [0.25, 0.3) is 0 Å². The summed E-state index contributed by atoms with van der Waals surface area (Å²) in [5.41, 5.74) is -0.750. The number of ether oxygens (including phenoxy) is 4. The van der Waals surface area contributed by atoms with Gasteiger partial charge in [0.05, 0.1) is 28.5 Å². The van der Waals surface area contributed by atoms with Crippen LogP contribution in [-0.4, -0.2) is 128 Å². The van der Waals surface area contributed by atoms with Crippen molar-refractivity contribution in [2.45, 2.75) is 191 Å². The molecule has 0 amide bonds. The molecular formula is C44H113B2F3KO15SY3-3. The fourth-order valence-electron chi connectivity index (χ4n) is 0. The second kappa shape index (κ2) is 208. The molecule has 25 heteroatoms. The van der Waals surface area contributed by atoms with Gasteiger partial charge in [-0.15, -0.1) is 5.60 Å². The predicted molar refractivity (Wildman–Crippen MR) is 283 cm³/mol. The number of carboxylic acids is 1. The van der Waals surface area contributed by atoms with E-state index in [1.165, 1.54) is 55.1 Å². The van der Waals surface area contributed by atoms with E-state index in [4.69, 9.17) is 39.9 Å². The number of carbonyl (C=O) groups is 4. The number of rotatable bonds is 1. The third-order valence-corrected chi connectivity index (χ3v) is 1.72. The second-order valence-corrected chi connectivity index (χ2v) is 9.18. The van der Waals surface area contributed by atoms with E-state index in [1.54, 1.807) is 34.8 Å². The first-order chi connectivity index (χ1) is 28.3. The smallest absolute Gasteiger partial charge is 0.850 e. The quantitative estimate of drug-likeness (QED) is 0.0365. The van der Waals surface area contributed by atoms with Gasteiger partial charge in [-0.1, -0.05) is 122 Å². The third-order valence-electron chi connectivity index (χ3n) is 1.55. The Balaban J connectivity index is -0.0000000130. The van der Waals surface area contributed by atoms with E-state index in [9.17, 15) is 27.9 Å². The molecule has 0 aliphatic carbocycles. The van der Waals surface area contributed by atoms with Crippen LogP contribution >= 0.6 is 12.2 Å². The summed E-state index contributed by atoms with van der Waals surface area (Å²) in [6, 6.07) is 0. The third kappa shape index (κ3) is 2170. The maximum Gasteiger partial charge on any atom is 1.00 e. The van der Waals surface area contributed by atoms with E-state index in [0.717, 1.165) is 27.4 Å². The molecule has 0 spiro atoms. The van der Waals surface area contributed by atoms with Crippen molar-refractivity contribution >= 4 is 55.7 Å². The van der Waals surface area contributed by atoms with E-state index in [2.05, 4.69) is 45.0 Å². The summed E-state index contributed by atoms with van der Waals surface area (Å²) >= 11 is 4.47. The molecule has 0 saturated heterocycles. The number of carboxylic acid groups (broad SMARTS) is 1. The molecule has 6 N–H and O–H groups in total. The molecule has 0 heterocycles. The van der Waals surface area contributed by atoms with Gasteiger partial charge in [0.25, 0.3) is 5.97 Å². The van der Waals surface area contributed by atoms with Crippen molar-refractivity contribution in [1.29, 1.82) is 0 Å². The number of hydrogen-bond donors (Lipinski definition) is 6. The molecule has 0 rings (SSSR count). The topological polar surface area (TPSA) is 250 Å². The molecule has 0 saturated carbocycles. The van der Waals surface area contributed by atoms with Gasteiger partial charge in [-0.25, -0.2) is 0 Å². The van der Waals surface area contributed by atoms with Crippen molar-refractivity contribution < 1.29 is 236 Å². The van der Waals surface area contributed by atoms with Gasteiger partial charge in [-0.2, -0.15) is 8.78 Å². The van der Waals surface area contributed by atoms with E-state index in [0.29, 0.717) is 19.2 Å². The van der Waals surface area contributed by atoms with Crippen molar-refractivity contribution in [2.75, 3.05) is 42.7 Å². The largest absolute Gasteiger partial charge is 1.00 e. The van der Waals surface area contributed by atoms with Crippen LogP contribution < -0.4 is 56.5 Å². The normalized spacial score (nSPS) is 6.14. The molecule has 0 aromatic carbocycles.